The van der Waals surface area contributed by atoms with Gasteiger partial charge in [-0.05, 0) is 49.2 Å². The largest absolute Gasteiger partial charge is 0.497 e. The molecule has 8 nitrogen and oxygen atoms in total. The number of hydrogen-bond acceptors (Lipinski definition) is 8. The maximum atomic E-state index is 13.0. The normalized spacial score (nSPS) is 17.5. The number of Topliss-reactive ketones (excluding diaryl/α,β-unsaturated/α-hetero) is 1. The van der Waals surface area contributed by atoms with E-state index in [1.54, 1.807) is 21.1 Å². The molecule has 0 spiro atoms. The number of hydrogen-bond donors (Lipinski definition) is 1. The second-order valence-electron chi connectivity index (χ2n) is 8.18. The van der Waals surface area contributed by atoms with Crippen LogP contribution in [0.1, 0.15) is 43.2 Å². The second-order valence-corrected chi connectivity index (χ2v) is 8.18. The predicted molar refractivity (Wildman–Crippen MR) is 128 cm³/mol. The summed E-state index contributed by atoms with van der Waals surface area (Å²) in [7, 11) is 3.17. The van der Waals surface area contributed by atoms with E-state index in [1.807, 2.05) is 42.5 Å². The summed E-state index contributed by atoms with van der Waals surface area (Å²) in [5, 5.41) is 0. The Morgan fingerprint density at radius 3 is 2.49 bits per heavy atom. The Kier molecular flexibility index (Phi) is 7.29. The van der Waals surface area contributed by atoms with E-state index in [9.17, 15) is 9.59 Å². The first-order valence-electron chi connectivity index (χ1n) is 11.5. The van der Waals surface area contributed by atoms with Crippen LogP contribution < -0.4 is 19.9 Å². The Hall–Kier alpha value is -3.94. The maximum absolute atomic E-state index is 13.0. The number of ether oxygens (including phenoxy) is 5. The first-order valence-corrected chi connectivity index (χ1v) is 11.5. The first kappa shape index (κ1) is 24.2. The highest BCUT2D eigenvalue weighted by atomic mass is 16.5. The monoisotopic (exact) mass is 479 g/mol. The quantitative estimate of drug-likeness (QED) is 0.563. The van der Waals surface area contributed by atoms with E-state index in [4.69, 9.17) is 29.4 Å². The van der Waals surface area contributed by atoms with Crippen LogP contribution in [0, 0.1) is 0 Å². The lowest BCUT2D eigenvalue weighted by atomic mass is 9.77. The van der Waals surface area contributed by atoms with E-state index in [1.165, 1.54) is 0 Å². The minimum absolute atomic E-state index is 0.0345. The molecule has 0 fully saturated rings. The van der Waals surface area contributed by atoms with E-state index in [0.717, 1.165) is 11.3 Å². The van der Waals surface area contributed by atoms with E-state index < -0.39 is 11.9 Å². The zero-order valence-electron chi connectivity index (χ0n) is 20.1. The molecule has 2 aromatic carbocycles. The standard InChI is InChI=1S/C27H29NO7/c1-4-33-27(30)25-23(24-20(29)6-5-7-21(24)35-26(25)28)16-8-9-17(22(14-16)32-3)15-34-19-12-10-18(31-2)11-13-19/h8-14,23H,4-7,15,28H2,1-3H3/t23-/m0/s1. The fraction of sp³-hybridized carbons (Fsp3) is 0.333. The van der Waals surface area contributed by atoms with Gasteiger partial charge in [0.15, 0.2) is 5.78 Å². The third kappa shape index (κ3) is 4.96. The number of carbonyl (C=O) groups excluding carboxylic acids is 2. The molecule has 0 aromatic heterocycles. The van der Waals surface area contributed by atoms with Crippen LogP contribution in [0.25, 0.3) is 0 Å². The van der Waals surface area contributed by atoms with Crippen LogP contribution in [0.15, 0.2) is 65.3 Å². The van der Waals surface area contributed by atoms with Gasteiger partial charge in [-0.1, -0.05) is 12.1 Å². The summed E-state index contributed by atoms with van der Waals surface area (Å²) in [5.74, 6) is 1.11. The summed E-state index contributed by atoms with van der Waals surface area (Å²) in [4.78, 5) is 25.8. The van der Waals surface area contributed by atoms with Gasteiger partial charge in [0.2, 0.25) is 5.88 Å². The fourth-order valence-electron chi connectivity index (χ4n) is 4.39. The highest BCUT2D eigenvalue weighted by Gasteiger charge is 2.41. The molecule has 1 atom stereocenters. The van der Waals surface area contributed by atoms with Crippen molar-refractivity contribution in [3.8, 4) is 17.2 Å². The Morgan fingerprint density at radius 2 is 1.80 bits per heavy atom. The van der Waals surface area contributed by atoms with Gasteiger partial charge < -0.3 is 29.4 Å². The van der Waals surface area contributed by atoms with Gasteiger partial charge in [0, 0.05) is 24.0 Å². The Morgan fingerprint density at radius 1 is 1.06 bits per heavy atom. The molecule has 35 heavy (non-hydrogen) atoms. The molecular weight excluding hydrogens is 450 g/mol. The molecule has 4 rings (SSSR count). The summed E-state index contributed by atoms with van der Waals surface area (Å²) in [5.41, 5.74) is 8.25. The lowest BCUT2D eigenvalue weighted by Gasteiger charge is -2.32. The average molecular weight is 480 g/mol. The molecule has 1 aliphatic carbocycles. The smallest absolute Gasteiger partial charge is 0.340 e. The molecule has 2 aliphatic rings. The SMILES string of the molecule is CCOC(=O)C1=C(N)OC2=C(C(=O)CCC2)[C@@H]1c1ccc(COc2ccc(OC)cc2)c(OC)c1. The fourth-order valence-corrected chi connectivity index (χ4v) is 4.39. The number of ketones is 1. The maximum Gasteiger partial charge on any atom is 0.340 e. The van der Waals surface area contributed by atoms with Crippen molar-refractivity contribution < 1.29 is 33.3 Å². The Labute approximate surface area is 204 Å². The number of rotatable bonds is 8. The lowest BCUT2D eigenvalue weighted by Crippen LogP contribution is -2.31. The minimum atomic E-state index is -0.698. The third-order valence-electron chi connectivity index (χ3n) is 6.08. The molecule has 2 aromatic rings. The summed E-state index contributed by atoms with van der Waals surface area (Å²) in [6.07, 6.45) is 1.65. The third-order valence-corrected chi connectivity index (χ3v) is 6.08. The van der Waals surface area contributed by atoms with Crippen molar-refractivity contribution in [1.82, 2.24) is 0 Å². The first-order chi connectivity index (χ1) is 17.0. The van der Waals surface area contributed by atoms with Crippen molar-refractivity contribution in [2.45, 2.75) is 38.7 Å². The van der Waals surface area contributed by atoms with Gasteiger partial charge in [0.05, 0.1) is 26.7 Å². The van der Waals surface area contributed by atoms with Crippen LogP contribution in [0.4, 0.5) is 0 Å². The molecule has 0 bridgehead atoms. The number of methoxy groups -OCH3 is 2. The highest BCUT2D eigenvalue weighted by Crippen LogP contribution is 2.45. The molecule has 0 radical (unpaired) electrons. The van der Waals surface area contributed by atoms with Gasteiger partial charge in [-0.25, -0.2) is 4.79 Å². The van der Waals surface area contributed by atoms with Crippen molar-refractivity contribution in [3.05, 3.63) is 76.4 Å². The lowest BCUT2D eigenvalue weighted by molar-refractivity contribution is -0.139. The Bertz CT molecular complexity index is 1180. The summed E-state index contributed by atoms with van der Waals surface area (Å²) >= 11 is 0. The van der Waals surface area contributed by atoms with Crippen molar-refractivity contribution in [2.24, 2.45) is 5.73 Å². The molecule has 0 amide bonds. The van der Waals surface area contributed by atoms with Crippen molar-refractivity contribution >= 4 is 11.8 Å². The van der Waals surface area contributed by atoms with Gasteiger partial charge in [0.1, 0.15) is 35.2 Å². The second kappa shape index (κ2) is 10.5. The van der Waals surface area contributed by atoms with E-state index in [-0.39, 0.29) is 30.5 Å². The van der Waals surface area contributed by atoms with Crippen LogP contribution in [-0.4, -0.2) is 32.6 Å². The summed E-state index contributed by atoms with van der Waals surface area (Å²) in [6, 6.07) is 12.8. The van der Waals surface area contributed by atoms with Crippen molar-refractivity contribution in [2.75, 3.05) is 20.8 Å². The van der Waals surface area contributed by atoms with Crippen molar-refractivity contribution in [1.29, 1.82) is 0 Å². The Balaban J connectivity index is 1.68. The molecule has 1 heterocycles. The predicted octanol–water partition coefficient (Wildman–Crippen LogP) is 4.14. The molecule has 8 heteroatoms. The highest BCUT2D eigenvalue weighted by molar-refractivity contribution is 6.03. The zero-order valence-corrected chi connectivity index (χ0v) is 20.1. The van der Waals surface area contributed by atoms with Crippen LogP contribution in [0.3, 0.4) is 0 Å². The van der Waals surface area contributed by atoms with Gasteiger partial charge in [-0.15, -0.1) is 0 Å². The molecule has 0 unspecified atom stereocenters. The van der Waals surface area contributed by atoms with E-state index in [0.29, 0.717) is 47.7 Å². The molecular formula is C27H29NO7. The number of nitrogens with two attached hydrogens (primary N) is 1. The molecule has 184 valence electrons. The van der Waals surface area contributed by atoms with Gasteiger partial charge in [-0.3, -0.25) is 4.79 Å². The molecule has 1 aliphatic heterocycles. The van der Waals surface area contributed by atoms with Gasteiger partial charge in [0.25, 0.3) is 0 Å². The molecule has 0 saturated heterocycles. The number of benzene rings is 2. The van der Waals surface area contributed by atoms with Gasteiger partial charge in [-0.2, -0.15) is 0 Å². The van der Waals surface area contributed by atoms with E-state index in [2.05, 4.69) is 0 Å². The van der Waals surface area contributed by atoms with Crippen molar-refractivity contribution in [3.63, 3.8) is 0 Å². The van der Waals surface area contributed by atoms with E-state index >= 15 is 0 Å². The van der Waals surface area contributed by atoms with Crippen LogP contribution in [0.5, 0.6) is 17.2 Å². The van der Waals surface area contributed by atoms with Gasteiger partial charge >= 0.3 is 5.97 Å². The van der Waals surface area contributed by atoms with Crippen LogP contribution in [0.2, 0.25) is 0 Å². The average Bonchev–Trinajstić information content (AvgIpc) is 2.87. The number of allylic oxidation sites excluding steroid dienone is 2. The van der Waals surface area contributed by atoms with Crippen LogP contribution in [-0.2, 0) is 25.7 Å². The molecule has 0 saturated carbocycles. The number of esters is 1. The minimum Gasteiger partial charge on any atom is -0.497 e. The summed E-state index contributed by atoms with van der Waals surface area (Å²) in [6.45, 7) is 2.15. The van der Waals surface area contributed by atoms with Crippen LogP contribution >= 0.6 is 0 Å². The molecule has 2 N–H and O–H groups in total. The zero-order chi connectivity index (χ0) is 24.9. The number of carbonyl (C=O) groups is 2. The summed E-state index contributed by atoms with van der Waals surface area (Å²) < 4.78 is 27.7. The topological polar surface area (TPSA) is 106 Å².